The van der Waals surface area contributed by atoms with E-state index in [2.05, 4.69) is 5.32 Å². The number of amides is 2. The van der Waals surface area contributed by atoms with E-state index < -0.39 is 36.3 Å². The summed E-state index contributed by atoms with van der Waals surface area (Å²) in [7, 11) is 0. The molecule has 1 unspecified atom stereocenters. The number of nitrogens with one attached hydrogen (secondary N) is 1. The van der Waals surface area contributed by atoms with Crippen LogP contribution in [0.4, 0.5) is 0 Å². The van der Waals surface area contributed by atoms with Gasteiger partial charge in [-0.15, -0.1) is 0 Å². The van der Waals surface area contributed by atoms with Crippen LogP contribution < -0.4 is 16.8 Å². The zero-order chi connectivity index (χ0) is 16.0. The molecule has 0 bridgehead atoms. The highest BCUT2D eigenvalue weighted by atomic mass is 16.4. The predicted molar refractivity (Wildman–Crippen MR) is 73.2 cm³/mol. The largest absolute Gasteiger partial charge is 0.508 e. The van der Waals surface area contributed by atoms with Crippen LogP contribution in [-0.4, -0.2) is 40.1 Å². The normalized spacial score (nSPS) is 13.2. The molecule has 0 aromatic heterocycles. The van der Waals surface area contributed by atoms with E-state index in [1.165, 1.54) is 12.1 Å². The van der Waals surface area contributed by atoms with Gasteiger partial charge in [-0.25, -0.2) is 4.79 Å². The van der Waals surface area contributed by atoms with Crippen molar-refractivity contribution in [2.75, 3.05) is 0 Å². The van der Waals surface area contributed by atoms with Crippen LogP contribution in [0.5, 0.6) is 5.75 Å². The summed E-state index contributed by atoms with van der Waals surface area (Å²) in [5.41, 5.74) is 11.3. The molecule has 0 saturated heterocycles. The van der Waals surface area contributed by atoms with E-state index in [0.717, 1.165) is 0 Å². The number of aromatic hydroxyl groups is 1. The molecular weight excluding hydrogens is 278 g/mol. The van der Waals surface area contributed by atoms with Crippen molar-refractivity contribution in [2.24, 2.45) is 11.5 Å². The fourth-order valence-electron chi connectivity index (χ4n) is 1.66. The standard InChI is InChI=1S/C13H17N3O5/c14-9(5-7-1-3-8(17)4-2-7)12(19)16-10(13(20)21)6-11(15)18/h1-4,9-10,17H,5-6,14H2,(H2,15,18)(H,16,19)(H,20,21)/t9-,10?/m0/s1. The summed E-state index contributed by atoms with van der Waals surface area (Å²) in [5.74, 6) is -2.81. The Morgan fingerprint density at radius 3 is 2.24 bits per heavy atom. The lowest BCUT2D eigenvalue weighted by Gasteiger charge is -2.16. The molecule has 0 radical (unpaired) electrons. The minimum Gasteiger partial charge on any atom is -0.508 e. The molecule has 8 nitrogen and oxygen atoms in total. The first-order chi connectivity index (χ1) is 9.79. The van der Waals surface area contributed by atoms with Crippen LogP contribution >= 0.6 is 0 Å². The van der Waals surface area contributed by atoms with Crippen molar-refractivity contribution in [3.8, 4) is 5.75 Å². The summed E-state index contributed by atoms with van der Waals surface area (Å²) in [6.45, 7) is 0. The average molecular weight is 295 g/mol. The Bertz CT molecular complexity index is 529. The molecule has 0 aliphatic carbocycles. The maximum absolute atomic E-state index is 11.8. The Balaban J connectivity index is 2.62. The molecule has 0 aliphatic rings. The molecule has 114 valence electrons. The van der Waals surface area contributed by atoms with Gasteiger partial charge in [0.25, 0.3) is 0 Å². The van der Waals surface area contributed by atoms with Crippen molar-refractivity contribution in [2.45, 2.75) is 24.9 Å². The highest BCUT2D eigenvalue weighted by molar-refractivity contribution is 5.90. The number of nitrogens with two attached hydrogens (primary N) is 2. The third-order valence-corrected chi connectivity index (χ3v) is 2.75. The Kier molecular flexibility index (Phi) is 5.67. The van der Waals surface area contributed by atoms with Gasteiger partial charge in [0.15, 0.2) is 0 Å². The lowest BCUT2D eigenvalue weighted by Crippen LogP contribution is -2.50. The number of phenolic OH excluding ortho intramolecular Hbond substituents is 1. The molecule has 0 saturated carbocycles. The molecule has 2 atom stereocenters. The van der Waals surface area contributed by atoms with E-state index in [9.17, 15) is 14.4 Å². The summed E-state index contributed by atoms with van der Waals surface area (Å²) in [6.07, 6.45) is -0.345. The molecule has 2 amide bonds. The zero-order valence-corrected chi connectivity index (χ0v) is 11.2. The van der Waals surface area contributed by atoms with Crippen LogP contribution in [0.25, 0.3) is 0 Å². The van der Waals surface area contributed by atoms with Crippen LogP contribution in [0.2, 0.25) is 0 Å². The minimum absolute atomic E-state index is 0.0872. The lowest BCUT2D eigenvalue weighted by molar-refractivity contribution is -0.143. The van der Waals surface area contributed by atoms with Gasteiger partial charge in [-0.1, -0.05) is 12.1 Å². The molecular formula is C13H17N3O5. The number of carbonyl (C=O) groups excluding carboxylic acids is 2. The van der Waals surface area contributed by atoms with Crippen LogP contribution in [0.1, 0.15) is 12.0 Å². The molecule has 1 rings (SSSR count). The van der Waals surface area contributed by atoms with E-state index >= 15 is 0 Å². The number of hydrogen-bond acceptors (Lipinski definition) is 5. The molecule has 1 aromatic rings. The third-order valence-electron chi connectivity index (χ3n) is 2.75. The summed E-state index contributed by atoms with van der Waals surface area (Å²) in [6, 6.07) is 3.71. The highest BCUT2D eigenvalue weighted by Gasteiger charge is 2.24. The summed E-state index contributed by atoms with van der Waals surface area (Å²) in [5, 5.41) is 20.2. The second-order valence-electron chi connectivity index (χ2n) is 4.55. The summed E-state index contributed by atoms with van der Waals surface area (Å²) >= 11 is 0. The second-order valence-corrected chi connectivity index (χ2v) is 4.55. The maximum Gasteiger partial charge on any atom is 0.326 e. The molecule has 1 aromatic carbocycles. The number of rotatable bonds is 7. The smallest absolute Gasteiger partial charge is 0.326 e. The molecule has 0 spiro atoms. The number of aliphatic carboxylic acids is 1. The second kappa shape index (κ2) is 7.25. The number of carbonyl (C=O) groups is 3. The van der Waals surface area contributed by atoms with Crippen molar-refractivity contribution in [3.05, 3.63) is 29.8 Å². The number of carboxylic acid groups (broad SMARTS) is 1. The van der Waals surface area contributed by atoms with Gasteiger partial charge in [-0.3, -0.25) is 9.59 Å². The summed E-state index contributed by atoms with van der Waals surface area (Å²) < 4.78 is 0. The van der Waals surface area contributed by atoms with Crippen molar-refractivity contribution >= 4 is 17.8 Å². The zero-order valence-electron chi connectivity index (χ0n) is 11.2. The number of hydrogen-bond donors (Lipinski definition) is 5. The molecule has 0 aliphatic heterocycles. The van der Waals surface area contributed by atoms with Crippen molar-refractivity contribution < 1.29 is 24.6 Å². The van der Waals surface area contributed by atoms with Gasteiger partial charge in [0.2, 0.25) is 11.8 Å². The number of phenols is 1. The Hall–Kier alpha value is -2.61. The van der Waals surface area contributed by atoms with Crippen molar-refractivity contribution in [1.29, 1.82) is 0 Å². The molecule has 7 N–H and O–H groups in total. The minimum atomic E-state index is -1.40. The SMILES string of the molecule is NC(=O)CC(NC(=O)[C@@H](N)Cc1ccc(O)cc1)C(=O)O. The predicted octanol–water partition coefficient (Wildman–Crippen LogP) is -1.29. The maximum atomic E-state index is 11.8. The quantitative estimate of drug-likeness (QED) is 0.421. The van der Waals surface area contributed by atoms with Crippen molar-refractivity contribution in [3.63, 3.8) is 0 Å². The van der Waals surface area contributed by atoms with Crippen LogP contribution in [-0.2, 0) is 20.8 Å². The van der Waals surface area contributed by atoms with Gasteiger partial charge < -0.3 is 27.0 Å². The molecule has 0 heterocycles. The highest BCUT2D eigenvalue weighted by Crippen LogP contribution is 2.11. The average Bonchev–Trinajstić information content (AvgIpc) is 2.39. The first-order valence-corrected chi connectivity index (χ1v) is 6.14. The monoisotopic (exact) mass is 295 g/mol. The molecule has 8 heteroatoms. The van der Waals surface area contributed by atoms with Gasteiger partial charge >= 0.3 is 5.97 Å². The summed E-state index contributed by atoms with van der Waals surface area (Å²) in [4.78, 5) is 33.4. The fourth-order valence-corrected chi connectivity index (χ4v) is 1.66. The fraction of sp³-hybridized carbons (Fsp3) is 0.308. The van der Waals surface area contributed by atoms with E-state index in [1.54, 1.807) is 12.1 Å². The van der Waals surface area contributed by atoms with E-state index in [1.807, 2.05) is 0 Å². The number of carboxylic acids is 1. The molecule has 0 fully saturated rings. The Labute approximate surface area is 120 Å². The molecule has 21 heavy (non-hydrogen) atoms. The lowest BCUT2D eigenvalue weighted by atomic mass is 10.1. The first-order valence-electron chi connectivity index (χ1n) is 6.14. The van der Waals surface area contributed by atoms with Crippen LogP contribution in [0, 0.1) is 0 Å². The van der Waals surface area contributed by atoms with Gasteiger partial charge in [0.05, 0.1) is 12.5 Å². The van der Waals surface area contributed by atoms with E-state index in [4.69, 9.17) is 21.7 Å². The first kappa shape index (κ1) is 16.4. The van der Waals surface area contributed by atoms with Gasteiger partial charge in [-0.2, -0.15) is 0 Å². The number of primary amides is 1. The van der Waals surface area contributed by atoms with Crippen LogP contribution in [0.15, 0.2) is 24.3 Å². The van der Waals surface area contributed by atoms with Crippen molar-refractivity contribution in [1.82, 2.24) is 5.32 Å². The van der Waals surface area contributed by atoms with Gasteiger partial charge in [-0.05, 0) is 24.1 Å². The Morgan fingerprint density at radius 1 is 1.19 bits per heavy atom. The number of benzene rings is 1. The van der Waals surface area contributed by atoms with Gasteiger partial charge in [0, 0.05) is 0 Å². The Morgan fingerprint density at radius 2 is 1.76 bits per heavy atom. The van der Waals surface area contributed by atoms with Gasteiger partial charge in [0.1, 0.15) is 11.8 Å². The van der Waals surface area contributed by atoms with E-state index in [0.29, 0.717) is 5.56 Å². The topological polar surface area (TPSA) is 156 Å². The third kappa shape index (κ3) is 5.49. The van der Waals surface area contributed by atoms with Crippen LogP contribution in [0.3, 0.4) is 0 Å². The van der Waals surface area contributed by atoms with E-state index in [-0.39, 0.29) is 12.2 Å².